The van der Waals surface area contributed by atoms with Gasteiger partial charge in [0.15, 0.2) is 0 Å². The van der Waals surface area contributed by atoms with Crippen molar-refractivity contribution in [2.75, 3.05) is 7.05 Å². The van der Waals surface area contributed by atoms with Crippen molar-refractivity contribution in [2.24, 2.45) is 7.05 Å². The molecule has 1 aromatic heterocycles. The molecule has 2 aromatic rings. The molecule has 1 N–H and O–H groups in total. The van der Waals surface area contributed by atoms with Crippen LogP contribution in [-0.4, -0.2) is 16.2 Å². The average Bonchev–Trinajstić information content (AvgIpc) is 2.45. The molecule has 1 aromatic carbocycles. The molecule has 0 aliphatic carbocycles. The van der Waals surface area contributed by atoms with Gasteiger partial charge >= 0.3 is 11.1 Å². The molecule has 21 heavy (non-hydrogen) atoms. The molecule has 5 heteroatoms. The Labute approximate surface area is 123 Å². The van der Waals surface area contributed by atoms with E-state index < -0.39 is 11.1 Å². The van der Waals surface area contributed by atoms with Crippen LogP contribution in [0, 0.1) is 13.8 Å². The number of hydrogen-bond donors (Lipinski definition) is 1. The summed E-state index contributed by atoms with van der Waals surface area (Å²) in [6, 6.07) is 6.22. The third kappa shape index (κ3) is 3.13. The molecule has 1 heterocycles. The van der Waals surface area contributed by atoms with Crippen molar-refractivity contribution >= 4 is 0 Å². The van der Waals surface area contributed by atoms with Crippen molar-refractivity contribution in [3.05, 3.63) is 68.0 Å². The molecule has 0 saturated heterocycles. The van der Waals surface area contributed by atoms with Gasteiger partial charge in [-0.3, -0.25) is 9.59 Å². The van der Waals surface area contributed by atoms with Crippen LogP contribution in [0.3, 0.4) is 0 Å². The van der Waals surface area contributed by atoms with Gasteiger partial charge < -0.3 is 14.5 Å². The lowest BCUT2D eigenvalue weighted by Crippen LogP contribution is -2.41. The third-order valence-corrected chi connectivity index (χ3v) is 3.76. The summed E-state index contributed by atoms with van der Waals surface area (Å²) < 4.78 is 2.76. The Kier molecular flexibility index (Phi) is 4.43. The molecule has 0 amide bonds. The molecule has 0 spiro atoms. The first-order chi connectivity index (χ1) is 9.93. The number of aromatic nitrogens is 2. The Morgan fingerprint density at radius 3 is 2.48 bits per heavy atom. The second-order valence-electron chi connectivity index (χ2n) is 5.37. The van der Waals surface area contributed by atoms with Gasteiger partial charge in [-0.15, -0.1) is 0 Å². The minimum atomic E-state index is -0.506. The maximum atomic E-state index is 12.0. The summed E-state index contributed by atoms with van der Waals surface area (Å²) in [7, 11) is 3.43. The van der Waals surface area contributed by atoms with E-state index in [0.29, 0.717) is 6.54 Å². The van der Waals surface area contributed by atoms with Crippen LogP contribution in [0.1, 0.15) is 22.7 Å². The van der Waals surface area contributed by atoms with Gasteiger partial charge in [-0.25, -0.2) is 0 Å². The van der Waals surface area contributed by atoms with Gasteiger partial charge in [-0.2, -0.15) is 0 Å². The number of nitrogens with zero attached hydrogens (tertiary/aromatic N) is 2. The van der Waals surface area contributed by atoms with Gasteiger partial charge in [-0.1, -0.05) is 23.8 Å². The highest BCUT2D eigenvalue weighted by atomic mass is 16.2. The zero-order valence-corrected chi connectivity index (χ0v) is 12.9. The van der Waals surface area contributed by atoms with Gasteiger partial charge in [0.25, 0.3) is 0 Å². The molecule has 0 bridgehead atoms. The average molecular weight is 287 g/mol. The molecule has 0 saturated carbocycles. The normalized spacial score (nSPS) is 12.4. The monoisotopic (exact) mass is 287 g/mol. The summed E-state index contributed by atoms with van der Waals surface area (Å²) in [5.74, 6) is 0. The van der Waals surface area contributed by atoms with Gasteiger partial charge in [-0.05, 0) is 32.0 Å². The molecule has 1 unspecified atom stereocenters. The highest BCUT2D eigenvalue weighted by Gasteiger charge is 2.14. The van der Waals surface area contributed by atoms with Gasteiger partial charge in [0.05, 0.1) is 6.04 Å². The van der Waals surface area contributed by atoms with Crippen LogP contribution in [0.25, 0.3) is 0 Å². The smallest absolute Gasteiger partial charge is 0.312 e. The first-order valence-corrected chi connectivity index (χ1v) is 6.94. The lowest BCUT2D eigenvalue weighted by molar-refractivity contribution is 0.482. The van der Waals surface area contributed by atoms with Crippen LogP contribution < -0.4 is 16.4 Å². The van der Waals surface area contributed by atoms with Crippen LogP contribution in [0.15, 0.2) is 40.2 Å². The molecular formula is C16H21N3O2. The summed E-state index contributed by atoms with van der Waals surface area (Å²) in [4.78, 5) is 23.7. The maximum absolute atomic E-state index is 12.0. The van der Waals surface area contributed by atoms with Crippen molar-refractivity contribution < 1.29 is 0 Å². The highest BCUT2D eigenvalue weighted by Crippen LogP contribution is 2.19. The van der Waals surface area contributed by atoms with E-state index in [1.165, 1.54) is 20.3 Å². The van der Waals surface area contributed by atoms with E-state index in [0.717, 1.165) is 5.56 Å². The van der Waals surface area contributed by atoms with E-state index in [2.05, 4.69) is 37.4 Å². The Hall–Kier alpha value is -2.14. The summed E-state index contributed by atoms with van der Waals surface area (Å²) in [5, 5.41) is 3.22. The van der Waals surface area contributed by atoms with Crippen molar-refractivity contribution in [3.63, 3.8) is 0 Å². The standard InChI is InChI=1S/C16H21N3O2/c1-11-5-6-13(12(2)9-11)14(17-3)10-19-8-7-18(4)15(20)16(19)21/h5-9,14,17H,10H2,1-4H3. The predicted molar refractivity (Wildman–Crippen MR) is 83.7 cm³/mol. The number of nitrogens with one attached hydrogen (secondary N) is 1. The Balaban J connectivity index is 2.38. The maximum Gasteiger partial charge on any atom is 0.316 e. The molecule has 112 valence electrons. The highest BCUT2D eigenvalue weighted by molar-refractivity contribution is 5.32. The number of likely N-dealkylation sites (N-methyl/N-ethyl adjacent to an activating group) is 1. The first kappa shape index (κ1) is 15.3. The summed E-state index contributed by atoms with van der Waals surface area (Å²) >= 11 is 0. The van der Waals surface area contributed by atoms with E-state index in [1.807, 2.05) is 7.05 Å². The number of aryl methyl sites for hydroxylation is 3. The fourth-order valence-electron chi connectivity index (χ4n) is 2.49. The first-order valence-electron chi connectivity index (χ1n) is 6.94. The van der Waals surface area contributed by atoms with Crippen molar-refractivity contribution in [1.82, 2.24) is 14.5 Å². The fraction of sp³-hybridized carbons (Fsp3) is 0.375. The molecule has 0 radical (unpaired) electrons. The largest absolute Gasteiger partial charge is 0.316 e. The minimum absolute atomic E-state index is 0.0181. The SMILES string of the molecule is CNC(Cn1ccn(C)c(=O)c1=O)c1ccc(C)cc1C. The van der Waals surface area contributed by atoms with E-state index in [-0.39, 0.29) is 6.04 Å². The second-order valence-corrected chi connectivity index (χ2v) is 5.37. The van der Waals surface area contributed by atoms with Crippen LogP contribution in [0.4, 0.5) is 0 Å². The molecule has 0 aliphatic rings. The molecule has 0 aliphatic heterocycles. The van der Waals surface area contributed by atoms with E-state index in [9.17, 15) is 9.59 Å². The van der Waals surface area contributed by atoms with E-state index >= 15 is 0 Å². The summed E-state index contributed by atoms with van der Waals surface area (Å²) in [5.41, 5.74) is 2.51. The van der Waals surface area contributed by atoms with Crippen LogP contribution in [0.5, 0.6) is 0 Å². The van der Waals surface area contributed by atoms with Crippen molar-refractivity contribution in [3.8, 4) is 0 Å². The van der Waals surface area contributed by atoms with Crippen molar-refractivity contribution in [2.45, 2.75) is 26.4 Å². The summed E-state index contributed by atoms with van der Waals surface area (Å²) in [6.45, 7) is 4.53. The van der Waals surface area contributed by atoms with Crippen LogP contribution in [-0.2, 0) is 13.6 Å². The Morgan fingerprint density at radius 2 is 1.86 bits per heavy atom. The molecule has 5 nitrogen and oxygen atoms in total. The summed E-state index contributed by atoms with van der Waals surface area (Å²) in [6.07, 6.45) is 3.26. The molecule has 1 atom stereocenters. The van der Waals surface area contributed by atoms with Gasteiger partial charge in [0, 0.05) is 26.0 Å². The van der Waals surface area contributed by atoms with Crippen LogP contribution >= 0.6 is 0 Å². The Bertz CT molecular complexity index is 759. The lowest BCUT2D eigenvalue weighted by Gasteiger charge is -2.20. The molecule has 0 fully saturated rings. The second kappa shape index (κ2) is 6.10. The number of hydrogen-bond acceptors (Lipinski definition) is 3. The zero-order chi connectivity index (χ0) is 15.6. The minimum Gasteiger partial charge on any atom is -0.312 e. The molecule has 2 rings (SSSR count). The fourth-order valence-corrected chi connectivity index (χ4v) is 2.49. The third-order valence-electron chi connectivity index (χ3n) is 3.76. The van der Waals surface area contributed by atoms with Gasteiger partial charge in [0.1, 0.15) is 0 Å². The number of benzene rings is 1. The Morgan fingerprint density at radius 1 is 1.14 bits per heavy atom. The molecular weight excluding hydrogens is 266 g/mol. The predicted octanol–water partition coefficient (Wildman–Crippen LogP) is 1.12. The zero-order valence-electron chi connectivity index (χ0n) is 12.9. The van der Waals surface area contributed by atoms with E-state index in [4.69, 9.17) is 0 Å². The number of rotatable bonds is 4. The lowest BCUT2D eigenvalue weighted by atomic mass is 9.99. The van der Waals surface area contributed by atoms with Crippen LogP contribution in [0.2, 0.25) is 0 Å². The van der Waals surface area contributed by atoms with Gasteiger partial charge in [0.2, 0.25) is 0 Å². The van der Waals surface area contributed by atoms with Crippen molar-refractivity contribution in [1.29, 1.82) is 0 Å². The topological polar surface area (TPSA) is 56.0 Å². The van der Waals surface area contributed by atoms with E-state index in [1.54, 1.807) is 19.4 Å². The quantitative estimate of drug-likeness (QED) is 0.858.